The zero-order valence-electron chi connectivity index (χ0n) is 7.90. The maximum atomic E-state index is 8.48. The van der Waals surface area contributed by atoms with E-state index in [1.54, 1.807) is 0 Å². The van der Waals surface area contributed by atoms with Gasteiger partial charge in [-0.25, -0.2) is 0 Å². The molecule has 3 nitrogen and oxygen atoms in total. The Morgan fingerprint density at radius 2 is 1.25 bits per heavy atom. The molecule has 0 N–H and O–H groups in total. The van der Waals surface area contributed by atoms with Gasteiger partial charge in [0.05, 0.1) is 0 Å². The molecule has 0 fully saturated rings. The molecule has 0 aromatic heterocycles. The summed E-state index contributed by atoms with van der Waals surface area (Å²) in [6.07, 6.45) is 0. The second-order valence-corrected chi connectivity index (χ2v) is 4.52. The zero-order valence-corrected chi connectivity index (χ0v) is 14.4. The van der Waals surface area contributed by atoms with Crippen molar-refractivity contribution in [1.82, 2.24) is 0 Å². The fourth-order valence-electron chi connectivity index (χ4n) is 0.167. The van der Waals surface area contributed by atoms with Crippen molar-refractivity contribution in [3.63, 3.8) is 0 Å². The maximum absolute atomic E-state index is 8.48. The van der Waals surface area contributed by atoms with Gasteiger partial charge in [-0.2, -0.15) is 0 Å². The molecule has 0 aliphatic heterocycles. The van der Waals surface area contributed by atoms with Gasteiger partial charge in [0.15, 0.2) is 0 Å². The van der Waals surface area contributed by atoms with Gasteiger partial charge in [-0.3, -0.25) is 0 Å². The summed E-state index contributed by atoms with van der Waals surface area (Å²) < 4.78 is 8.48. The van der Waals surface area contributed by atoms with Crippen LogP contribution in [0.25, 0.3) is 0 Å². The molecule has 0 aromatic carbocycles. The van der Waals surface area contributed by atoms with Gasteiger partial charge in [0, 0.05) is 11.5 Å². The Morgan fingerprint density at radius 1 is 1.08 bits per heavy atom. The second-order valence-electron chi connectivity index (χ2n) is 1.04. The van der Waals surface area contributed by atoms with Crippen molar-refractivity contribution in [3.05, 3.63) is 0 Å². The summed E-state index contributed by atoms with van der Waals surface area (Å²) in [4.78, 5) is 17.0. The van der Waals surface area contributed by atoms with Gasteiger partial charge in [0.1, 0.15) is 0 Å². The molecule has 0 rings (SSSR count). The molecule has 0 amide bonds. The van der Waals surface area contributed by atoms with Gasteiger partial charge >= 0.3 is 59.1 Å². The Kier molecular flexibility index (Phi) is 47.2. The van der Waals surface area contributed by atoms with Crippen LogP contribution in [-0.2, 0) is 4.57 Å². The third-order valence-electron chi connectivity index (χ3n) is 0.319. The van der Waals surface area contributed by atoms with Crippen molar-refractivity contribution in [1.29, 1.82) is 0 Å². The molecular weight excluding hydrogens is 237 g/mol. The first kappa shape index (κ1) is 24.1. The third kappa shape index (κ3) is 53.4. The Hall–Kier alpha value is 2.72. The molecule has 0 radical (unpaired) electrons. The third-order valence-corrected chi connectivity index (χ3v) is 2.87. The summed E-state index contributed by atoms with van der Waals surface area (Å²) in [7, 11) is 0.479. The predicted octanol–water partition coefficient (Wildman–Crippen LogP) is -5.22. The molecule has 0 saturated carbocycles. The van der Waals surface area contributed by atoms with E-state index in [0.29, 0.717) is 0 Å². The van der Waals surface area contributed by atoms with E-state index in [-0.39, 0.29) is 59.1 Å². The van der Waals surface area contributed by atoms with Crippen LogP contribution in [0.5, 0.6) is 0 Å². The monoisotopic (exact) mass is 247 g/mol. The minimum absolute atomic E-state index is 0. The molecule has 12 heavy (non-hydrogen) atoms. The summed E-state index contributed by atoms with van der Waals surface area (Å²) in [6, 6.07) is 0. The molecule has 0 atom stereocenters. The summed E-state index contributed by atoms with van der Waals surface area (Å²) in [6.45, 7) is 4.35. The van der Waals surface area contributed by atoms with Gasteiger partial charge in [0.2, 0.25) is 0 Å². The fraction of sp³-hybridized carbons (Fsp3) is 1.00. The van der Waals surface area contributed by atoms with E-state index >= 15 is 0 Å². The Balaban J connectivity index is -0.0000000483. The van der Waals surface area contributed by atoms with E-state index in [0.717, 1.165) is 0 Å². The molecule has 0 aliphatic carbocycles. The molecule has 0 saturated heterocycles. The van der Waals surface area contributed by atoms with Crippen molar-refractivity contribution in [2.24, 2.45) is 0 Å². The smallest absolute Gasteiger partial charge is 0.598 e. The molecule has 0 aromatic rings. The first-order chi connectivity index (χ1) is 4.65. The molecule has 62 valence electrons. The van der Waals surface area contributed by atoms with Crippen molar-refractivity contribution >= 4 is 29.8 Å². The van der Waals surface area contributed by atoms with E-state index < -0.39 is 8.25 Å². The number of rotatable bonds is 3. The average molecular weight is 247 g/mol. The standard InChI is InChI=1S/C4H10S2.2Na.HO3P/c1-3-5-6-4-2;;;1-4(2)3/h3-4H2,1-2H3;;;(H,1,2,3)/q;2*+1;/p-1. The van der Waals surface area contributed by atoms with Crippen LogP contribution in [0.1, 0.15) is 13.8 Å². The second kappa shape index (κ2) is 23.5. The van der Waals surface area contributed by atoms with Crippen LogP contribution in [0.2, 0.25) is 0 Å². The summed E-state index contributed by atoms with van der Waals surface area (Å²) >= 11 is 0. The minimum Gasteiger partial charge on any atom is -0.598 e. The van der Waals surface area contributed by atoms with E-state index in [9.17, 15) is 0 Å². The number of hydrogen-bond acceptors (Lipinski definition) is 5. The van der Waals surface area contributed by atoms with Gasteiger partial charge in [-0.1, -0.05) is 40.0 Å². The van der Waals surface area contributed by atoms with Crippen LogP contribution < -0.4 is 68.9 Å². The van der Waals surface area contributed by atoms with Crippen LogP contribution in [0.15, 0.2) is 0 Å². The normalized spacial score (nSPS) is 6.67. The SMILES string of the molecule is CCSSCC.O=[P+]([O-])[O-].[Na+].[Na+]. The first-order valence-corrected chi connectivity index (χ1v) is 6.29. The summed E-state index contributed by atoms with van der Waals surface area (Å²) in [5.41, 5.74) is 0. The molecule has 0 spiro atoms. The van der Waals surface area contributed by atoms with Gasteiger partial charge in [-0.15, -0.1) is 0 Å². The van der Waals surface area contributed by atoms with Gasteiger partial charge in [-0.05, 0) is 0 Å². The molecule has 0 aliphatic rings. The van der Waals surface area contributed by atoms with Crippen molar-refractivity contribution in [2.75, 3.05) is 11.5 Å². The van der Waals surface area contributed by atoms with Crippen LogP contribution in [-0.4, -0.2) is 11.5 Å². The zero-order chi connectivity index (χ0) is 8.41. The molecule has 0 bridgehead atoms. The quantitative estimate of drug-likeness (QED) is 0.216. The Bertz CT molecular complexity index is 80.7. The number of hydrogen-bond donors (Lipinski definition) is 0. The van der Waals surface area contributed by atoms with Gasteiger partial charge in [0.25, 0.3) is 8.25 Å². The largest absolute Gasteiger partial charge is 1.00 e. The van der Waals surface area contributed by atoms with Crippen molar-refractivity contribution < 1.29 is 73.5 Å². The molecular formula is C4H10Na2O3PS2+. The van der Waals surface area contributed by atoms with Crippen LogP contribution in [0.4, 0.5) is 0 Å². The summed E-state index contributed by atoms with van der Waals surface area (Å²) in [5.74, 6) is 2.47. The van der Waals surface area contributed by atoms with Crippen molar-refractivity contribution in [3.8, 4) is 0 Å². The first-order valence-electron chi connectivity index (χ1n) is 2.71. The molecule has 0 heterocycles. The summed E-state index contributed by atoms with van der Waals surface area (Å²) in [5, 5.41) is 0. The average Bonchev–Trinajstić information content (AvgIpc) is 1.82. The predicted molar refractivity (Wildman–Crippen MR) is 43.9 cm³/mol. The van der Waals surface area contributed by atoms with E-state index in [1.807, 2.05) is 21.6 Å². The molecule has 8 heteroatoms. The Morgan fingerprint density at radius 3 is 1.33 bits per heavy atom. The van der Waals surface area contributed by atoms with Gasteiger partial charge < -0.3 is 9.79 Å². The maximum Gasteiger partial charge on any atom is 1.00 e. The topological polar surface area (TPSA) is 63.2 Å². The minimum atomic E-state index is -3.37. The van der Waals surface area contributed by atoms with E-state index in [1.165, 1.54) is 11.5 Å². The molecule has 0 unspecified atom stereocenters. The fourth-order valence-corrected chi connectivity index (χ4v) is 1.50. The van der Waals surface area contributed by atoms with E-state index in [4.69, 9.17) is 14.4 Å². The van der Waals surface area contributed by atoms with E-state index in [2.05, 4.69) is 13.8 Å². The van der Waals surface area contributed by atoms with Crippen LogP contribution in [0, 0.1) is 0 Å². The van der Waals surface area contributed by atoms with Crippen LogP contribution >= 0.6 is 29.8 Å². The Labute approximate surface area is 127 Å². The van der Waals surface area contributed by atoms with Crippen molar-refractivity contribution in [2.45, 2.75) is 13.8 Å². The van der Waals surface area contributed by atoms with Crippen LogP contribution in [0.3, 0.4) is 0 Å².